The summed E-state index contributed by atoms with van der Waals surface area (Å²) >= 11 is 0.968. The van der Waals surface area contributed by atoms with Crippen molar-refractivity contribution in [3.05, 3.63) is 46.2 Å². The number of aromatic nitrogens is 3. The Bertz CT molecular complexity index is 888. The van der Waals surface area contributed by atoms with Crippen LogP contribution >= 0.6 is 35.3 Å². The number of aryl methyl sites for hydroxylation is 1. The summed E-state index contributed by atoms with van der Waals surface area (Å²) in [5.74, 6) is 1.44. The van der Waals surface area contributed by atoms with E-state index in [1.54, 1.807) is 7.05 Å². The summed E-state index contributed by atoms with van der Waals surface area (Å²) in [5.41, 5.74) is 1.09. The zero-order chi connectivity index (χ0) is 19.3. The number of alkyl halides is 3. The minimum absolute atomic E-state index is 0. The topological polar surface area (TPSA) is 78.0 Å². The third-order valence-electron chi connectivity index (χ3n) is 3.79. The minimum Gasteiger partial charge on any atom is -0.356 e. The number of hydrogen-bond donors (Lipinski definition) is 3. The van der Waals surface area contributed by atoms with Gasteiger partial charge < -0.3 is 15.6 Å². The number of H-pyrrole nitrogens is 1. The molecule has 0 radical (unpaired) electrons. The van der Waals surface area contributed by atoms with Crippen LogP contribution in [-0.2, 0) is 19.1 Å². The molecule has 0 atom stereocenters. The first-order chi connectivity index (χ1) is 13.0. The van der Waals surface area contributed by atoms with Gasteiger partial charge in [-0.1, -0.05) is 12.1 Å². The highest BCUT2D eigenvalue weighted by Gasteiger charge is 2.33. The molecule has 0 aliphatic carbocycles. The third kappa shape index (κ3) is 6.06. The average Bonchev–Trinajstić information content (AvgIpc) is 3.27. The van der Waals surface area contributed by atoms with E-state index in [1.807, 2.05) is 24.3 Å². The zero-order valence-corrected chi connectivity index (χ0v) is 18.2. The smallest absolute Gasteiger partial charge is 0.356 e. The van der Waals surface area contributed by atoms with E-state index in [-0.39, 0.29) is 30.5 Å². The second kappa shape index (κ2) is 10.0. The highest BCUT2D eigenvalue weighted by molar-refractivity contribution is 14.0. The van der Waals surface area contributed by atoms with Gasteiger partial charge in [0.25, 0.3) is 0 Å². The molecule has 3 aromatic rings. The Morgan fingerprint density at radius 2 is 2.00 bits per heavy atom. The number of rotatable bonds is 6. The molecule has 0 aliphatic rings. The molecule has 2 heterocycles. The van der Waals surface area contributed by atoms with Gasteiger partial charge in [0.15, 0.2) is 11.7 Å². The largest absolute Gasteiger partial charge is 0.434 e. The fourth-order valence-electron chi connectivity index (χ4n) is 2.49. The number of benzene rings is 1. The number of aliphatic imine (C=N–C) groups is 1. The van der Waals surface area contributed by atoms with Gasteiger partial charge in [0.05, 0.1) is 17.6 Å². The fraction of sp³-hybridized carbons (Fsp3) is 0.353. The van der Waals surface area contributed by atoms with Crippen LogP contribution in [0.1, 0.15) is 22.9 Å². The number of nitrogens with zero attached hydrogens (tertiary/aromatic N) is 3. The zero-order valence-electron chi connectivity index (χ0n) is 15.0. The summed E-state index contributed by atoms with van der Waals surface area (Å²) in [6.07, 6.45) is -2.80. The second-order valence-electron chi connectivity index (χ2n) is 5.78. The molecule has 152 valence electrons. The molecule has 0 unspecified atom stereocenters. The summed E-state index contributed by atoms with van der Waals surface area (Å²) < 4.78 is 37.7. The van der Waals surface area contributed by atoms with Crippen molar-refractivity contribution in [3.63, 3.8) is 0 Å². The number of imidazole rings is 1. The van der Waals surface area contributed by atoms with Gasteiger partial charge in [-0.3, -0.25) is 4.99 Å². The van der Waals surface area contributed by atoms with E-state index in [4.69, 9.17) is 0 Å². The maximum atomic E-state index is 12.6. The van der Waals surface area contributed by atoms with Crippen molar-refractivity contribution >= 4 is 52.3 Å². The molecule has 0 fully saturated rings. The molecule has 0 amide bonds. The summed E-state index contributed by atoms with van der Waals surface area (Å²) in [7, 11) is 1.61. The van der Waals surface area contributed by atoms with E-state index < -0.39 is 11.9 Å². The van der Waals surface area contributed by atoms with Crippen molar-refractivity contribution in [1.29, 1.82) is 0 Å². The molecule has 28 heavy (non-hydrogen) atoms. The number of halogens is 4. The van der Waals surface area contributed by atoms with Gasteiger partial charge in [0.2, 0.25) is 0 Å². The average molecular weight is 524 g/mol. The molecule has 1 aromatic carbocycles. The molecule has 3 N–H and O–H groups in total. The molecule has 0 aliphatic heterocycles. The molecule has 0 saturated heterocycles. The summed E-state index contributed by atoms with van der Waals surface area (Å²) in [6.45, 7) is 0.840. The Kier molecular flexibility index (Phi) is 8.04. The quantitative estimate of drug-likeness (QED) is 0.198. The lowest BCUT2D eigenvalue weighted by Gasteiger charge is -2.10. The van der Waals surface area contributed by atoms with Crippen LogP contribution in [0.5, 0.6) is 0 Å². The van der Waals surface area contributed by atoms with E-state index in [0.29, 0.717) is 17.5 Å². The number of fused-ring (bicyclic) bond motifs is 1. The van der Waals surface area contributed by atoms with E-state index in [2.05, 4.69) is 30.6 Å². The molecule has 11 heteroatoms. The van der Waals surface area contributed by atoms with Gasteiger partial charge in [-0.2, -0.15) is 13.2 Å². The summed E-state index contributed by atoms with van der Waals surface area (Å²) in [5, 5.41) is 7.47. The second-order valence-corrected chi connectivity index (χ2v) is 6.72. The van der Waals surface area contributed by atoms with Crippen LogP contribution in [0.3, 0.4) is 0 Å². The third-order valence-corrected chi connectivity index (χ3v) is 4.64. The number of thiazole rings is 1. The van der Waals surface area contributed by atoms with E-state index in [9.17, 15) is 13.2 Å². The predicted molar refractivity (Wildman–Crippen MR) is 115 cm³/mol. The van der Waals surface area contributed by atoms with Gasteiger partial charge in [-0.15, -0.1) is 35.3 Å². The number of aromatic amines is 1. The van der Waals surface area contributed by atoms with Gasteiger partial charge in [0.1, 0.15) is 10.8 Å². The Hall–Kier alpha value is -1.89. The number of hydrogen-bond acceptors (Lipinski definition) is 4. The molecule has 3 rings (SSSR count). The van der Waals surface area contributed by atoms with Crippen LogP contribution in [0.4, 0.5) is 13.2 Å². The summed E-state index contributed by atoms with van der Waals surface area (Å²) in [4.78, 5) is 15.4. The van der Waals surface area contributed by atoms with Crippen LogP contribution in [0.15, 0.2) is 34.6 Å². The first-order valence-electron chi connectivity index (χ1n) is 8.35. The maximum absolute atomic E-state index is 12.6. The first-order valence-corrected chi connectivity index (χ1v) is 9.23. The number of nitrogens with one attached hydrogen (secondary N) is 3. The monoisotopic (exact) mass is 524 g/mol. The normalized spacial score (nSPS) is 12.1. The highest BCUT2D eigenvalue weighted by atomic mass is 127. The molecule has 0 bridgehead atoms. The lowest BCUT2D eigenvalue weighted by atomic mass is 10.3. The maximum Gasteiger partial charge on any atom is 0.434 e. The lowest BCUT2D eigenvalue weighted by molar-refractivity contribution is -0.140. The van der Waals surface area contributed by atoms with E-state index in [0.717, 1.165) is 46.4 Å². The Morgan fingerprint density at radius 1 is 1.21 bits per heavy atom. The van der Waals surface area contributed by atoms with Gasteiger partial charge in [-0.05, 0) is 18.6 Å². The van der Waals surface area contributed by atoms with Gasteiger partial charge in [0, 0.05) is 25.4 Å². The molecule has 0 saturated carbocycles. The molecule has 0 spiro atoms. The van der Waals surface area contributed by atoms with Crippen LogP contribution in [0, 0.1) is 0 Å². The van der Waals surface area contributed by atoms with E-state index in [1.165, 1.54) is 0 Å². The lowest BCUT2D eigenvalue weighted by Crippen LogP contribution is -2.37. The van der Waals surface area contributed by atoms with Crippen LogP contribution in [0.2, 0.25) is 0 Å². The van der Waals surface area contributed by atoms with Crippen molar-refractivity contribution < 1.29 is 13.2 Å². The van der Waals surface area contributed by atoms with Crippen LogP contribution in [0.25, 0.3) is 11.0 Å². The molecule has 6 nitrogen and oxygen atoms in total. The van der Waals surface area contributed by atoms with E-state index >= 15 is 0 Å². The Morgan fingerprint density at radius 3 is 2.68 bits per heavy atom. The van der Waals surface area contributed by atoms with Crippen molar-refractivity contribution in [2.45, 2.75) is 25.6 Å². The number of guanidine groups is 1. The molecular weight excluding hydrogens is 504 g/mol. The van der Waals surface area contributed by atoms with Crippen molar-refractivity contribution in [1.82, 2.24) is 25.6 Å². The SMILES string of the molecule is CN=C(NCCCc1nc2ccccc2[nH]1)NCc1nc(C(F)(F)F)cs1.I. The molecular formula is C17H20F3IN6S. The standard InChI is InChI=1S/C17H19F3N6S.HI/c1-21-16(23-9-15-26-13(10-27-15)17(18,19)20)22-8-4-7-14-24-11-5-2-3-6-12(11)25-14;/h2-3,5-6,10H,4,7-9H2,1H3,(H,24,25)(H2,21,22,23);1H. The number of para-hydroxylation sites is 2. The van der Waals surface area contributed by atoms with Crippen molar-refractivity contribution in [3.8, 4) is 0 Å². The van der Waals surface area contributed by atoms with Gasteiger partial charge in [-0.25, -0.2) is 9.97 Å². The highest BCUT2D eigenvalue weighted by Crippen LogP contribution is 2.29. The molecule has 2 aromatic heterocycles. The fourth-order valence-corrected chi connectivity index (χ4v) is 3.23. The first kappa shape index (κ1) is 22.4. The van der Waals surface area contributed by atoms with Crippen LogP contribution < -0.4 is 10.6 Å². The summed E-state index contributed by atoms with van der Waals surface area (Å²) in [6, 6.07) is 7.85. The van der Waals surface area contributed by atoms with Crippen LogP contribution in [-0.4, -0.2) is 34.5 Å². The predicted octanol–water partition coefficient (Wildman–Crippen LogP) is 3.95. The van der Waals surface area contributed by atoms with Crippen molar-refractivity contribution in [2.24, 2.45) is 4.99 Å². The Labute approximate surface area is 181 Å². The van der Waals surface area contributed by atoms with Gasteiger partial charge >= 0.3 is 6.18 Å². The van der Waals surface area contributed by atoms with Crippen molar-refractivity contribution in [2.75, 3.05) is 13.6 Å². The minimum atomic E-state index is -4.41. The Balaban J connectivity index is 0.00000280.